The van der Waals surface area contributed by atoms with Gasteiger partial charge in [0.1, 0.15) is 5.75 Å². The maximum absolute atomic E-state index is 12.4. The van der Waals surface area contributed by atoms with Gasteiger partial charge in [-0.2, -0.15) is 0 Å². The number of nitrogen functional groups attached to an aromatic ring is 1. The zero-order valence-corrected chi connectivity index (χ0v) is 16.3. The van der Waals surface area contributed by atoms with E-state index in [9.17, 15) is 9.59 Å². The van der Waals surface area contributed by atoms with Crippen molar-refractivity contribution in [2.24, 2.45) is 5.73 Å². The number of carbonyl (C=O) groups excluding carboxylic acids is 2. The van der Waals surface area contributed by atoms with Crippen molar-refractivity contribution in [3.63, 3.8) is 0 Å². The Morgan fingerprint density at radius 1 is 1.14 bits per heavy atom. The summed E-state index contributed by atoms with van der Waals surface area (Å²) in [7, 11) is 0. The number of amides is 2. The lowest BCUT2D eigenvalue weighted by molar-refractivity contribution is -0.120. The molecule has 3 rings (SSSR count). The van der Waals surface area contributed by atoms with Crippen molar-refractivity contribution in [3.8, 4) is 5.75 Å². The molecule has 0 saturated carbocycles. The number of hydrogen-bond acceptors (Lipinski definition) is 5. The molecule has 0 fully saturated rings. The first kappa shape index (κ1) is 21.4. The third-order valence-corrected chi connectivity index (χ3v) is 4.51. The van der Waals surface area contributed by atoms with Crippen molar-refractivity contribution in [1.82, 2.24) is 5.32 Å². The van der Waals surface area contributed by atoms with Gasteiger partial charge in [0.15, 0.2) is 6.61 Å². The number of nitrogens with two attached hydrogens (primary N) is 2. The van der Waals surface area contributed by atoms with Gasteiger partial charge in [0.05, 0.1) is 6.54 Å². The molecule has 0 bridgehead atoms. The van der Waals surface area contributed by atoms with Gasteiger partial charge in [-0.1, -0.05) is 18.2 Å². The molecule has 2 aromatic carbocycles. The van der Waals surface area contributed by atoms with E-state index in [0.717, 1.165) is 41.9 Å². The number of halogens is 1. The second-order valence-electron chi connectivity index (χ2n) is 6.55. The third kappa shape index (κ3) is 5.53. The van der Waals surface area contributed by atoms with E-state index in [0.29, 0.717) is 18.8 Å². The van der Waals surface area contributed by atoms with E-state index >= 15 is 0 Å². The SMILES string of the molecule is Cl.NC(=O)COc1ccc(CNC(=O)CN2CCCc3c(N)cccc32)cc1. The minimum Gasteiger partial charge on any atom is -0.484 e. The molecule has 150 valence electrons. The molecule has 0 saturated heterocycles. The number of benzene rings is 2. The predicted octanol–water partition coefficient (Wildman–Crippen LogP) is 1.62. The minimum absolute atomic E-state index is 0. The van der Waals surface area contributed by atoms with Gasteiger partial charge in [0.25, 0.3) is 5.91 Å². The summed E-state index contributed by atoms with van der Waals surface area (Å²) in [4.78, 5) is 25.2. The zero-order valence-electron chi connectivity index (χ0n) is 15.5. The highest BCUT2D eigenvalue weighted by Gasteiger charge is 2.20. The summed E-state index contributed by atoms with van der Waals surface area (Å²) >= 11 is 0. The molecule has 7 nitrogen and oxygen atoms in total. The smallest absolute Gasteiger partial charge is 0.255 e. The second-order valence-corrected chi connectivity index (χ2v) is 6.55. The van der Waals surface area contributed by atoms with Crippen LogP contribution in [-0.2, 0) is 22.6 Å². The number of carbonyl (C=O) groups is 2. The molecular weight excluding hydrogens is 380 g/mol. The Kier molecular flexibility index (Phi) is 7.52. The zero-order chi connectivity index (χ0) is 19.2. The molecule has 0 atom stereocenters. The van der Waals surface area contributed by atoms with Gasteiger partial charge in [-0.3, -0.25) is 9.59 Å². The molecule has 0 spiro atoms. The summed E-state index contributed by atoms with van der Waals surface area (Å²) in [6.45, 7) is 1.41. The Balaban J connectivity index is 0.00000280. The Labute approximate surface area is 170 Å². The van der Waals surface area contributed by atoms with Gasteiger partial charge < -0.3 is 26.4 Å². The van der Waals surface area contributed by atoms with Crippen molar-refractivity contribution < 1.29 is 14.3 Å². The van der Waals surface area contributed by atoms with E-state index < -0.39 is 5.91 Å². The lowest BCUT2D eigenvalue weighted by Crippen LogP contribution is -2.39. The molecule has 5 N–H and O–H groups in total. The molecule has 1 aliphatic rings. The minimum atomic E-state index is -0.521. The van der Waals surface area contributed by atoms with Crippen molar-refractivity contribution in [1.29, 1.82) is 0 Å². The summed E-state index contributed by atoms with van der Waals surface area (Å²) in [6.07, 6.45) is 1.94. The van der Waals surface area contributed by atoms with Crippen molar-refractivity contribution >= 4 is 35.6 Å². The summed E-state index contributed by atoms with van der Waals surface area (Å²) in [5.74, 6) is -0.00176. The van der Waals surface area contributed by atoms with Gasteiger partial charge in [0.2, 0.25) is 5.91 Å². The molecule has 1 aliphatic heterocycles. The van der Waals surface area contributed by atoms with E-state index in [2.05, 4.69) is 10.2 Å². The number of primary amides is 1. The molecule has 0 aliphatic carbocycles. The number of anilines is 2. The fourth-order valence-corrected chi connectivity index (χ4v) is 3.18. The standard InChI is InChI=1S/C20H24N4O3.ClH/c21-17-4-1-5-18-16(17)3-2-10-24(18)12-20(26)23-11-14-6-8-15(9-7-14)27-13-19(22)25;/h1,4-9H,2-3,10-13,21H2,(H2,22,25)(H,23,26);1H. The van der Waals surface area contributed by atoms with Crippen LogP contribution in [0.3, 0.4) is 0 Å². The molecule has 0 unspecified atom stereocenters. The number of nitrogens with zero attached hydrogens (tertiary/aromatic N) is 1. The van der Waals surface area contributed by atoms with E-state index in [1.54, 1.807) is 12.1 Å². The van der Waals surface area contributed by atoms with Gasteiger partial charge in [-0.25, -0.2) is 0 Å². The van der Waals surface area contributed by atoms with Crippen LogP contribution in [0, 0.1) is 0 Å². The third-order valence-electron chi connectivity index (χ3n) is 4.51. The molecule has 28 heavy (non-hydrogen) atoms. The Morgan fingerprint density at radius 2 is 1.89 bits per heavy atom. The molecule has 1 heterocycles. The van der Waals surface area contributed by atoms with Crippen LogP contribution in [0.1, 0.15) is 17.5 Å². The molecular formula is C20H25ClN4O3. The molecule has 0 radical (unpaired) electrons. The first-order chi connectivity index (χ1) is 13.0. The van der Waals surface area contributed by atoms with Crippen LogP contribution in [0.15, 0.2) is 42.5 Å². The average molecular weight is 405 g/mol. The number of rotatable bonds is 7. The van der Waals surface area contributed by atoms with Crippen molar-refractivity contribution in [2.45, 2.75) is 19.4 Å². The number of fused-ring (bicyclic) bond motifs is 1. The summed E-state index contributed by atoms with van der Waals surface area (Å²) in [5, 5.41) is 2.93. The highest BCUT2D eigenvalue weighted by molar-refractivity contribution is 5.85. The number of ether oxygens (including phenoxy) is 1. The monoisotopic (exact) mass is 404 g/mol. The largest absolute Gasteiger partial charge is 0.484 e. The Hall–Kier alpha value is -2.93. The first-order valence-corrected chi connectivity index (χ1v) is 8.92. The van der Waals surface area contributed by atoms with E-state index in [-0.39, 0.29) is 24.9 Å². The fraction of sp³-hybridized carbons (Fsp3) is 0.300. The van der Waals surface area contributed by atoms with Gasteiger partial charge in [-0.05, 0) is 48.2 Å². The average Bonchev–Trinajstić information content (AvgIpc) is 2.66. The highest BCUT2D eigenvalue weighted by Crippen LogP contribution is 2.30. The fourth-order valence-electron chi connectivity index (χ4n) is 3.18. The lowest BCUT2D eigenvalue weighted by Gasteiger charge is -2.31. The number of nitrogens with one attached hydrogen (secondary N) is 1. The molecule has 8 heteroatoms. The Morgan fingerprint density at radius 3 is 2.61 bits per heavy atom. The van der Waals surface area contributed by atoms with E-state index in [1.165, 1.54) is 0 Å². The van der Waals surface area contributed by atoms with Gasteiger partial charge in [0, 0.05) is 24.5 Å². The summed E-state index contributed by atoms with van der Waals surface area (Å²) in [5.41, 5.74) is 15.0. The molecule has 2 amide bonds. The normalized spacial score (nSPS) is 12.5. The van der Waals surface area contributed by atoms with Crippen LogP contribution in [0.25, 0.3) is 0 Å². The second kappa shape index (κ2) is 9.85. The van der Waals surface area contributed by atoms with E-state index in [4.69, 9.17) is 16.2 Å². The maximum atomic E-state index is 12.4. The maximum Gasteiger partial charge on any atom is 0.255 e. The van der Waals surface area contributed by atoms with Crippen molar-refractivity contribution in [2.75, 3.05) is 30.3 Å². The topological polar surface area (TPSA) is 111 Å². The molecule has 2 aromatic rings. The highest BCUT2D eigenvalue weighted by atomic mass is 35.5. The quantitative estimate of drug-likeness (QED) is 0.607. The van der Waals surface area contributed by atoms with Crippen LogP contribution in [0.5, 0.6) is 5.75 Å². The van der Waals surface area contributed by atoms with Crippen molar-refractivity contribution in [3.05, 3.63) is 53.6 Å². The van der Waals surface area contributed by atoms with Gasteiger partial charge in [-0.15, -0.1) is 12.4 Å². The van der Waals surface area contributed by atoms with Crippen LogP contribution in [0.4, 0.5) is 11.4 Å². The van der Waals surface area contributed by atoms with Crippen LogP contribution in [0.2, 0.25) is 0 Å². The summed E-state index contributed by atoms with van der Waals surface area (Å²) < 4.78 is 5.21. The first-order valence-electron chi connectivity index (χ1n) is 8.92. The summed E-state index contributed by atoms with van der Waals surface area (Å²) in [6, 6.07) is 13.0. The van der Waals surface area contributed by atoms with Crippen LogP contribution >= 0.6 is 12.4 Å². The number of hydrogen-bond donors (Lipinski definition) is 3. The van der Waals surface area contributed by atoms with Gasteiger partial charge >= 0.3 is 0 Å². The van der Waals surface area contributed by atoms with Crippen LogP contribution in [-0.4, -0.2) is 31.5 Å². The molecule has 0 aromatic heterocycles. The van der Waals surface area contributed by atoms with E-state index in [1.807, 2.05) is 30.3 Å². The van der Waals surface area contributed by atoms with Crippen LogP contribution < -0.4 is 26.4 Å². The predicted molar refractivity (Wildman–Crippen MR) is 112 cm³/mol. The lowest BCUT2D eigenvalue weighted by atomic mass is 10.00. The Bertz CT molecular complexity index is 827.